The van der Waals surface area contributed by atoms with Crippen LogP contribution in [0.15, 0.2) is 41.7 Å². The number of guanidine groups is 1. The number of aryl methyl sites for hydroxylation is 2. The fourth-order valence-corrected chi connectivity index (χ4v) is 3.48. The van der Waals surface area contributed by atoms with Crippen LogP contribution >= 0.6 is 0 Å². The van der Waals surface area contributed by atoms with Gasteiger partial charge >= 0.3 is 6.18 Å². The molecule has 2 aromatic rings. The topological polar surface area (TPSA) is 48.7 Å². The lowest BCUT2D eigenvalue weighted by atomic mass is 10.1. The molecule has 2 heterocycles. The van der Waals surface area contributed by atoms with E-state index in [0.29, 0.717) is 31.9 Å². The van der Waals surface area contributed by atoms with Gasteiger partial charge in [0.15, 0.2) is 5.96 Å². The SMILES string of the molecule is CN=C(NCCCc1cnn(C)c1)N1CCN(c2cccc(C(F)(F)F)c2)CC1. The van der Waals surface area contributed by atoms with E-state index in [0.717, 1.165) is 31.4 Å². The molecule has 1 aromatic carbocycles. The van der Waals surface area contributed by atoms with Crippen LogP contribution in [0.1, 0.15) is 17.5 Å². The number of alkyl halides is 3. The van der Waals surface area contributed by atoms with Gasteiger partial charge in [-0.2, -0.15) is 18.3 Å². The summed E-state index contributed by atoms with van der Waals surface area (Å²) in [6, 6.07) is 5.53. The molecule has 158 valence electrons. The fourth-order valence-electron chi connectivity index (χ4n) is 3.48. The molecular formula is C20H27F3N6. The molecule has 6 nitrogen and oxygen atoms in total. The third-order valence-electron chi connectivity index (χ3n) is 5.01. The molecule has 29 heavy (non-hydrogen) atoms. The molecule has 0 unspecified atom stereocenters. The maximum atomic E-state index is 13.0. The lowest BCUT2D eigenvalue weighted by Gasteiger charge is -2.37. The van der Waals surface area contributed by atoms with E-state index in [-0.39, 0.29) is 0 Å². The predicted octanol–water partition coefficient (Wildman–Crippen LogP) is 2.77. The van der Waals surface area contributed by atoms with E-state index in [9.17, 15) is 13.2 Å². The van der Waals surface area contributed by atoms with Crippen LogP contribution in [-0.2, 0) is 19.6 Å². The van der Waals surface area contributed by atoms with Crippen LogP contribution in [0, 0.1) is 0 Å². The van der Waals surface area contributed by atoms with E-state index in [1.807, 2.05) is 24.3 Å². The number of halogens is 3. The molecule has 1 fully saturated rings. The first-order valence-corrected chi connectivity index (χ1v) is 9.72. The lowest BCUT2D eigenvalue weighted by Crippen LogP contribution is -2.52. The Morgan fingerprint density at radius 1 is 1.21 bits per heavy atom. The summed E-state index contributed by atoms with van der Waals surface area (Å²) in [5.41, 5.74) is 1.21. The second-order valence-corrected chi connectivity index (χ2v) is 7.12. The summed E-state index contributed by atoms with van der Waals surface area (Å²) in [4.78, 5) is 8.49. The summed E-state index contributed by atoms with van der Waals surface area (Å²) in [7, 11) is 3.66. The summed E-state index contributed by atoms with van der Waals surface area (Å²) in [5, 5.41) is 7.55. The molecule has 0 amide bonds. The Morgan fingerprint density at radius 2 is 1.97 bits per heavy atom. The number of aromatic nitrogens is 2. The van der Waals surface area contributed by atoms with Crippen molar-refractivity contribution in [3.63, 3.8) is 0 Å². The van der Waals surface area contributed by atoms with Gasteiger partial charge in [-0.1, -0.05) is 6.07 Å². The molecular weight excluding hydrogens is 381 g/mol. The number of aliphatic imine (C=N–C) groups is 1. The number of piperazine rings is 1. The molecule has 9 heteroatoms. The molecule has 0 spiro atoms. The minimum Gasteiger partial charge on any atom is -0.368 e. The Bertz CT molecular complexity index is 822. The van der Waals surface area contributed by atoms with Gasteiger partial charge in [0.1, 0.15) is 0 Å². The minimum absolute atomic E-state index is 0.608. The van der Waals surface area contributed by atoms with Gasteiger partial charge in [-0.25, -0.2) is 0 Å². The highest BCUT2D eigenvalue weighted by molar-refractivity contribution is 5.80. The van der Waals surface area contributed by atoms with Crippen LogP contribution in [-0.4, -0.2) is 60.4 Å². The molecule has 1 aromatic heterocycles. The Morgan fingerprint density at radius 3 is 2.59 bits per heavy atom. The second kappa shape index (κ2) is 9.19. The Hall–Kier alpha value is -2.71. The smallest absolute Gasteiger partial charge is 0.368 e. The van der Waals surface area contributed by atoms with Crippen LogP contribution in [0.25, 0.3) is 0 Å². The van der Waals surface area contributed by atoms with Crippen molar-refractivity contribution in [2.75, 3.05) is 44.7 Å². The molecule has 1 N–H and O–H groups in total. The first kappa shape index (κ1) is 21.0. The van der Waals surface area contributed by atoms with Crippen LogP contribution in [0.2, 0.25) is 0 Å². The second-order valence-electron chi connectivity index (χ2n) is 7.12. The van der Waals surface area contributed by atoms with E-state index in [4.69, 9.17) is 0 Å². The normalized spacial score (nSPS) is 15.7. The number of nitrogens with zero attached hydrogens (tertiary/aromatic N) is 5. The van der Waals surface area contributed by atoms with Crippen LogP contribution in [0.3, 0.4) is 0 Å². The van der Waals surface area contributed by atoms with E-state index < -0.39 is 11.7 Å². The number of rotatable bonds is 5. The summed E-state index contributed by atoms with van der Waals surface area (Å²) < 4.78 is 40.6. The highest BCUT2D eigenvalue weighted by atomic mass is 19.4. The molecule has 1 saturated heterocycles. The molecule has 0 aliphatic carbocycles. The molecule has 0 atom stereocenters. The summed E-state index contributed by atoms with van der Waals surface area (Å²) in [6.07, 6.45) is 1.49. The first-order valence-electron chi connectivity index (χ1n) is 9.72. The maximum absolute atomic E-state index is 13.0. The van der Waals surface area contributed by atoms with Gasteiger partial charge in [-0.05, 0) is 36.6 Å². The van der Waals surface area contributed by atoms with Crippen molar-refractivity contribution in [1.29, 1.82) is 0 Å². The maximum Gasteiger partial charge on any atom is 0.416 e. The quantitative estimate of drug-likeness (QED) is 0.470. The van der Waals surface area contributed by atoms with Gasteiger partial charge in [0.2, 0.25) is 0 Å². The number of benzene rings is 1. The zero-order valence-electron chi connectivity index (χ0n) is 16.8. The van der Waals surface area contributed by atoms with Gasteiger partial charge in [-0.3, -0.25) is 9.67 Å². The van der Waals surface area contributed by atoms with Gasteiger partial charge in [-0.15, -0.1) is 0 Å². The molecule has 1 aliphatic rings. The molecule has 1 aliphatic heterocycles. The van der Waals surface area contributed by atoms with Crippen LogP contribution in [0.5, 0.6) is 0 Å². The Kier molecular flexibility index (Phi) is 6.66. The van der Waals surface area contributed by atoms with E-state index >= 15 is 0 Å². The predicted molar refractivity (Wildman–Crippen MR) is 108 cm³/mol. The highest BCUT2D eigenvalue weighted by Crippen LogP contribution is 2.31. The van der Waals surface area contributed by atoms with E-state index in [1.54, 1.807) is 17.8 Å². The monoisotopic (exact) mass is 408 g/mol. The van der Waals surface area contributed by atoms with E-state index in [2.05, 4.69) is 20.3 Å². The minimum atomic E-state index is -4.32. The molecule has 3 rings (SSSR count). The Balaban J connectivity index is 1.47. The molecule has 0 radical (unpaired) electrons. The lowest BCUT2D eigenvalue weighted by molar-refractivity contribution is -0.137. The van der Waals surface area contributed by atoms with Crippen molar-refractivity contribution in [2.45, 2.75) is 19.0 Å². The first-order chi connectivity index (χ1) is 13.9. The van der Waals surface area contributed by atoms with Gasteiger partial charge in [0, 0.05) is 58.7 Å². The van der Waals surface area contributed by atoms with Gasteiger partial charge in [0.05, 0.1) is 11.8 Å². The summed E-state index contributed by atoms with van der Waals surface area (Å²) in [5.74, 6) is 0.833. The van der Waals surface area contributed by atoms with Gasteiger partial charge < -0.3 is 15.1 Å². The van der Waals surface area contributed by atoms with E-state index in [1.165, 1.54) is 17.7 Å². The largest absolute Gasteiger partial charge is 0.416 e. The van der Waals surface area contributed by atoms with Crippen LogP contribution in [0.4, 0.5) is 18.9 Å². The molecule has 0 bridgehead atoms. The average Bonchev–Trinajstić information content (AvgIpc) is 3.13. The van der Waals surface area contributed by atoms with Crippen LogP contribution < -0.4 is 10.2 Å². The number of hydrogen-bond donors (Lipinski definition) is 1. The highest BCUT2D eigenvalue weighted by Gasteiger charge is 2.31. The third-order valence-corrected chi connectivity index (χ3v) is 5.01. The average molecular weight is 408 g/mol. The van der Waals surface area contributed by atoms with Crippen molar-refractivity contribution < 1.29 is 13.2 Å². The number of nitrogens with one attached hydrogen (secondary N) is 1. The van der Waals surface area contributed by atoms with Crippen molar-refractivity contribution in [3.05, 3.63) is 47.8 Å². The third kappa shape index (κ3) is 5.65. The van der Waals surface area contributed by atoms with Crippen molar-refractivity contribution in [3.8, 4) is 0 Å². The van der Waals surface area contributed by atoms with Gasteiger partial charge in [0.25, 0.3) is 0 Å². The van der Waals surface area contributed by atoms with Crippen molar-refractivity contribution in [2.24, 2.45) is 12.0 Å². The zero-order valence-corrected chi connectivity index (χ0v) is 16.8. The summed E-state index contributed by atoms with van der Waals surface area (Å²) >= 11 is 0. The summed E-state index contributed by atoms with van der Waals surface area (Å²) in [6.45, 7) is 3.52. The number of anilines is 1. The standard InChI is InChI=1S/C20H27F3N6/c1-24-19(25-8-4-5-16-14-26-27(2)15-16)29-11-9-28(10-12-29)18-7-3-6-17(13-18)20(21,22)23/h3,6-7,13-15H,4-5,8-12H2,1-2H3,(H,24,25). The fraction of sp³-hybridized carbons (Fsp3) is 0.500. The van der Waals surface area contributed by atoms with Crippen molar-refractivity contribution in [1.82, 2.24) is 20.0 Å². The number of hydrogen-bond acceptors (Lipinski definition) is 3. The zero-order chi connectivity index (χ0) is 20.9. The Labute approximate surface area is 169 Å². The molecule has 0 saturated carbocycles. The van der Waals surface area contributed by atoms with Crippen molar-refractivity contribution >= 4 is 11.6 Å².